The first-order valence-corrected chi connectivity index (χ1v) is 8.06. The van der Waals surface area contributed by atoms with E-state index in [1.165, 1.54) is 0 Å². The van der Waals surface area contributed by atoms with Crippen LogP contribution in [-0.2, 0) is 14.3 Å². The largest absolute Gasteiger partial charge is 0.378 e. The zero-order chi connectivity index (χ0) is 15.8. The van der Waals surface area contributed by atoms with Gasteiger partial charge >= 0.3 is 0 Å². The molecule has 3 N–H and O–H groups in total. The number of ether oxygens (including phenoxy) is 1. The quantitative estimate of drug-likeness (QED) is 0.672. The highest BCUT2D eigenvalue weighted by Crippen LogP contribution is 2.14. The number of hydrogen-bond acceptors (Lipinski definition) is 4. The highest BCUT2D eigenvalue weighted by atomic mass is 79.9. The Morgan fingerprint density at radius 3 is 2.65 bits per heavy atom. The number of benzene rings is 1. The molecule has 1 fully saturated rings. The first kappa shape index (κ1) is 19.9. The molecule has 1 unspecified atom stereocenters. The normalized spacial score (nSPS) is 17.0. The van der Waals surface area contributed by atoms with Crippen LogP contribution >= 0.6 is 28.3 Å². The number of hydrogen-bond donors (Lipinski definition) is 3. The van der Waals surface area contributed by atoms with Gasteiger partial charge in [0, 0.05) is 42.1 Å². The summed E-state index contributed by atoms with van der Waals surface area (Å²) >= 11 is 3.34. The molecule has 0 aliphatic carbocycles. The Bertz CT molecular complexity index is 507. The van der Waals surface area contributed by atoms with Crippen LogP contribution in [0.4, 0.5) is 5.69 Å². The molecule has 6 nitrogen and oxygen atoms in total. The first-order valence-electron chi connectivity index (χ1n) is 7.27. The molecule has 128 valence electrons. The van der Waals surface area contributed by atoms with E-state index in [0.29, 0.717) is 26.2 Å². The van der Waals surface area contributed by atoms with E-state index in [-0.39, 0.29) is 36.7 Å². The molecule has 1 heterocycles. The predicted octanol–water partition coefficient (Wildman–Crippen LogP) is 1.69. The van der Waals surface area contributed by atoms with Crippen LogP contribution in [0.3, 0.4) is 0 Å². The summed E-state index contributed by atoms with van der Waals surface area (Å²) in [7, 11) is 0. The Kier molecular flexibility index (Phi) is 9.16. The highest BCUT2D eigenvalue weighted by molar-refractivity contribution is 9.10. The molecule has 0 radical (unpaired) electrons. The lowest BCUT2D eigenvalue weighted by Crippen LogP contribution is -2.44. The van der Waals surface area contributed by atoms with Crippen LogP contribution in [0.15, 0.2) is 28.7 Å². The van der Waals surface area contributed by atoms with Crippen molar-refractivity contribution in [3.8, 4) is 0 Å². The maximum Gasteiger partial charge on any atom is 0.226 e. The van der Waals surface area contributed by atoms with Crippen LogP contribution in [0, 0.1) is 0 Å². The topological polar surface area (TPSA) is 79.5 Å². The molecule has 1 saturated heterocycles. The monoisotopic (exact) mass is 405 g/mol. The summed E-state index contributed by atoms with van der Waals surface area (Å²) in [4.78, 5) is 23.5. The van der Waals surface area contributed by atoms with Gasteiger partial charge < -0.3 is 20.7 Å². The summed E-state index contributed by atoms with van der Waals surface area (Å²) in [6.07, 6.45) is 0.616. The molecule has 1 aliphatic rings. The van der Waals surface area contributed by atoms with E-state index < -0.39 is 0 Å². The maximum atomic E-state index is 11.8. The van der Waals surface area contributed by atoms with Crippen molar-refractivity contribution in [1.29, 1.82) is 0 Å². The number of nitrogens with one attached hydrogen (secondary N) is 3. The smallest absolute Gasteiger partial charge is 0.226 e. The summed E-state index contributed by atoms with van der Waals surface area (Å²) in [5.41, 5.74) is 0.739. The Labute approximate surface area is 150 Å². The fourth-order valence-electron chi connectivity index (χ4n) is 2.12. The molecule has 0 spiro atoms. The number of carbonyl (C=O) groups is 2. The fourth-order valence-corrected chi connectivity index (χ4v) is 2.38. The third kappa shape index (κ3) is 7.78. The third-order valence-corrected chi connectivity index (χ3v) is 3.76. The van der Waals surface area contributed by atoms with Gasteiger partial charge in [-0.15, -0.1) is 12.4 Å². The van der Waals surface area contributed by atoms with Crippen LogP contribution in [0.5, 0.6) is 0 Å². The van der Waals surface area contributed by atoms with E-state index in [1.807, 2.05) is 24.3 Å². The van der Waals surface area contributed by atoms with Crippen molar-refractivity contribution in [3.63, 3.8) is 0 Å². The molecule has 23 heavy (non-hydrogen) atoms. The zero-order valence-corrected chi connectivity index (χ0v) is 15.0. The molecule has 1 aliphatic heterocycles. The van der Waals surface area contributed by atoms with Crippen LogP contribution < -0.4 is 16.0 Å². The lowest BCUT2D eigenvalue weighted by atomic mass is 10.2. The van der Waals surface area contributed by atoms with Gasteiger partial charge in [-0.25, -0.2) is 0 Å². The molecule has 1 aromatic rings. The average Bonchev–Trinajstić information content (AvgIpc) is 2.50. The maximum absolute atomic E-state index is 11.8. The molecule has 2 rings (SSSR count). The van der Waals surface area contributed by atoms with Crippen LogP contribution in [0.1, 0.15) is 12.8 Å². The second-order valence-corrected chi connectivity index (χ2v) is 6.00. The first-order chi connectivity index (χ1) is 10.6. The van der Waals surface area contributed by atoms with Crippen molar-refractivity contribution in [2.24, 2.45) is 0 Å². The van der Waals surface area contributed by atoms with Crippen LogP contribution in [0.2, 0.25) is 0 Å². The van der Waals surface area contributed by atoms with E-state index >= 15 is 0 Å². The molecule has 2 amide bonds. The number of anilines is 1. The number of halogens is 2. The summed E-state index contributed by atoms with van der Waals surface area (Å²) in [5, 5.41) is 8.75. The van der Waals surface area contributed by atoms with Crippen LogP contribution in [-0.4, -0.2) is 44.2 Å². The fraction of sp³-hybridized carbons (Fsp3) is 0.467. The molecule has 0 bridgehead atoms. The van der Waals surface area contributed by atoms with Gasteiger partial charge in [-0.2, -0.15) is 0 Å². The summed E-state index contributed by atoms with van der Waals surface area (Å²) in [6.45, 7) is 2.34. The summed E-state index contributed by atoms with van der Waals surface area (Å²) in [5.74, 6) is -0.193. The highest BCUT2D eigenvalue weighted by Gasteiger charge is 2.16. The third-order valence-electron chi connectivity index (χ3n) is 3.23. The van der Waals surface area contributed by atoms with Crippen molar-refractivity contribution in [2.75, 3.05) is 31.6 Å². The van der Waals surface area contributed by atoms with Crippen LogP contribution in [0.25, 0.3) is 0 Å². The van der Waals surface area contributed by atoms with Gasteiger partial charge in [0.05, 0.1) is 13.2 Å². The van der Waals surface area contributed by atoms with E-state index in [2.05, 4.69) is 31.9 Å². The standard InChI is InChI=1S/C15H20BrN3O3.ClH/c16-11-1-3-12(4-2-11)19-14(20)5-6-18-15(21)9-13-10-22-8-7-17-13;/h1-4,13,17H,5-10H2,(H,18,21)(H,19,20);1H. The molecule has 0 saturated carbocycles. The minimum atomic E-state index is -0.123. The second-order valence-electron chi connectivity index (χ2n) is 5.09. The Balaban J connectivity index is 0.00000264. The lowest BCUT2D eigenvalue weighted by molar-refractivity contribution is -0.122. The van der Waals surface area contributed by atoms with E-state index in [9.17, 15) is 9.59 Å². The van der Waals surface area contributed by atoms with Crippen molar-refractivity contribution >= 4 is 45.8 Å². The number of morpholine rings is 1. The minimum Gasteiger partial charge on any atom is -0.378 e. The number of carbonyl (C=O) groups excluding carboxylic acids is 2. The molecular weight excluding hydrogens is 386 g/mol. The number of amides is 2. The zero-order valence-electron chi connectivity index (χ0n) is 12.6. The Morgan fingerprint density at radius 1 is 1.26 bits per heavy atom. The van der Waals surface area contributed by atoms with Gasteiger partial charge in [0.2, 0.25) is 11.8 Å². The van der Waals surface area contributed by atoms with E-state index in [1.54, 1.807) is 0 Å². The van der Waals surface area contributed by atoms with Crippen molar-refractivity contribution in [1.82, 2.24) is 10.6 Å². The molecule has 0 aromatic heterocycles. The SMILES string of the molecule is Cl.O=C(CC1COCCN1)NCCC(=O)Nc1ccc(Br)cc1. The summed E-state index contributed by atoms with van der Waals surface area (Å²) in [6, 6.07) is 7.41. The molecular formula is C15H21BrClN3O3. The van der Waals surface area contributed by atoms with Gasteiger partial charge in [-0.1, -0.05) is 15.9 Å². The van der Waals surface area contributed by atoms with Gasteiger partial charge in [0.1, 0.15) is 0 Å². The Morgan fingerprint density at radius 2 is 2.00 bits per heavy atom. The van der Waals surface area contributed by atoms with E-state index in [4.69, 9.17) is 4.74 Å². The van der Waals surface area contributed by atoms with Crippen molar-refractivity contribution in [3.05, 3.63) is 28.7 Å². The van der Waals surface area contributed by atoms with Gasteiger partial charge in [-0.3, -0.25) is 9.59 Å². The van der Waals surface area contributed by atoms with Crippen molar-refractivity contribution < 1.29 is 14.3 Å². The Hall–Kier alpha value is -1.15. The number of rotatable bonds is 6. The predicted molar refractivity (Wildman–Crippen MR) is 94.9 cm³/mol. The molecule has 1 aromatic carbocycles. The van der Waals surface area contributed by atoms with Gasteiger partial charge in [0.25, 0.3) is 0 Å². The lowest BCUT2D eigenvalue weighted by Gasteiger charge is -2.23. The van der Waals surface area contributed by atoms with Crippen molar-refractivity contribution in [2.45, 2.75) is 18.9 Å². The minimum absolute atomic E-state index is 0. The average molecular weight is 407 g/mol. The second kappa shape index (κ2) is 10.6. The summed E-state index contributed by atoms with van der Waals surface area (Å²) < 4.78 is 6.25. The van der Waals surface area contributed by atoms with Gasteiger partial charge in [-0.05, 0) is 24.3 Å². The van der Waals surface area contributed by atoms with E-state index in [0.717, 1.165) is 16.7 Å². The van der Waals surface area contributed by atoms with Gasteiger partial charge in [0.15, 0.2) is 0 Å². The molecule has 1 atom stereocenters. The molecule has 8 heteroatoms.